The van der Waals surface area contributed by atoms with Crippen LogP contribution in [0.2, 0.25) is 0 Å². The first-order valence-electron chi connectivity index (χ1n) is 14.3. The molecule has 2 heterocycles. The molecule has 2 bridgehead atoms. The molecule has 10 nitrogen and oxygen atoms in total. The summed E-state index contributed by atoms with van der Waals surface area (Å²) in [4.78, 5) is 55.2. The number of fused-ring (bicyclic) bond motifs is 5. The van der Waals surface area contributed by atoms with Gasteiger partial charge in [-0.25, -0.2) is 0 Å². The van der Waals surface area contributed by atoms with Crippen LogP contribution in [-0.4, -0.2) is 72.5 Å². The normalized spacial score (nSPS) is 33.5. The molecular weight excluding hydrogens is 498 g/mol. The summed E-state index contributed by atoms with van der Waals surface area (Å²) in [5.41, 5.74) is -1.51. The first-order valence-corrected chi connectivity index (χ1v) is 14.3. The van der Waals surface area contributed by atoms with Crippen molar-refractivity contribution in [1.29, 1.82) is 5.26 Å². The maximum Gasteiger partial charge on any atom is 0.252 e. The van der Waals surface area contributed by atoms with Gasteiger partial charge in [-0.2, -0.15) is 5.26 Å². The molecule has 10 heteroatoms. The van der Waals surface area contributed by atoms with Crippen molar-refractivity contribution in [3.8, 4) is 6.07 Å². The largest absolute Gasteiger partial charge is 0.368 e. The van der Waals surface area contributed by atoms with E-state index in [0.717, 1.165) is 12.8 Å². The van der Waals surface area contributed by atoms with Gasteiger partial charge in [0.2, 0.25) is 17.7 Å². The summed E-state index contributed by atoms with van der Waals surface area (Å²) < 4.78 is 5.56. The molecule has 0 spiro atoms. The van der Waals surface area contributed by atoms with Crippen molar-refractivity contribution in [2.75, 3.05) is 20.2 Å². The van der Waals surface area contributed by atoms with Gasteiger partial charge in [-0.05, 0) is 67.6 Å². The highest BCUT2D eigenvalue weighted by Crippen LogP contribution is 2.54. The first kappa shape index (κ1) is 27.6. The molecule has 212 valence electrons. The third-order valence-electron chi connectivity index (χ3n) is 9.86. The van der Waals surface area contributed by atoms with E-state index in [9.17, 15) is 24.4 Å². The Labute approximate surface area is 230 Å². The number of nitriles is 1. The molecule has 0 unspecified atom stereocenters. The van der Waals surface area contributed by atoms with Gasteiger partial charge in [-0.15, -0.1) is 0 Å². The molecule has 5 aliphatic rings. The zero-order valence-electron chi connectivity index (χ0n) is 23.4. The fraction of sp³-hybridized carbons (Fsp3) is 0.759. The van der Waals surface area contributed by atoms with Gasteiger partial charge in [-0.1, -0.05) is 32.9 Å². The SMILES string of the molecule is COC1(C(=O)N[C@H](C(=O)N2C[C@H]3[C@@H]([C@H]2C(=O)N[C@H](C#N)C[C@@H]2CCNC2=O)[C@H]2C=C[C@@H]3C2)C(C)(C)C)CCC1. The molecule has 2 saturated carbocycles. The number of allylic oxidation sites excluding steroid dienone is 2. The molecule has 3 N–H and O–H groups in total. The maximum atomic E-state index is 14.3. The van der Waals surface area contributed by atoms with Crippen molar-refractivity contribution in [2.24, 2.45) is 35.0 Å². The highest BCUT2D eigenvalue weighted by Gasteiger charge is 2.59. The molecule has 0 radical (unpaired) electrons. The van der Waals surface area contributed by atoms with E-state index in [2.05, 4.69) is 34.2 Å². The van der Waals surface area contributed by atoms with Crippen LogP contribution in [0, 0.1) is 46.3 Å². The minimum atomic E-state index is -0.905. The van der Waals surface area contributed by atoms with Gasteiger partial charge >= 0.3 is 0 Å². The molecule has 3 aliphatic carbocycles. The van der Waals surface area contributed by atoms with Crippen LogP contribution in [0.3, 0.4) is 0 Å². The molecule has 0 aromatic heterocycles. The van der Waals surface area contributed by atoms with Crippen LogP contribution in [0.15, 0.2) is 12.2 Å². The van der Waals surface area contributed by atoms with Gasteiger partial charge in [-0.3, -0.25) is 19.2 Å². The lowest BCUT2D eigenvalue weighted by Gasteiger charge is -2.42. The molecule has 8 atom stereocenters. The van der Waals surface area contributed by atoms with E-state index < -0.39 is 29.1 Å². The number of hydrogen-bond acceptors (Lipinski definition) is 6. The fourth-order valence-corrected chi connectivity index (χ4v) is 7.43. The second-order valence-corrected chi connectivity index (χ2v) is 13.2. The number of likely N-dealkylation sites (tertiary alicyclic amines) is 1. The Kier molecular flexibility index (Phi) is 7.25. The monoisotopic (exact) mass is 539 g/mol. The van der Waals surface area contributed by atoms with Gasteiger partial charge < -0.3 is 25.6 Å². The lowest BCUT2D eigenvalue weighted by molar-refractivity contribution is -0.159. The first-order chi connectivity index (χ1) is 18.5. The van der Waals surface area contributed by atoms with E-state index in [-0.39, 0.29) is 53.7 Å². The Morgan fingerprint density at radius 2 is 1.95 bits per heavy atom. The fourth-order valence-electron chi connectivity index (χ4n) is 7.43. The molecule has 0 aromatic carbocycles. The van der Waals surface area contributed by atoms with Crippen LogP contribution >= 0.6 is 0 Å². The lowest BCUT2D eigenvalue weighted by Crippen LogP contribution is -2.63. The van der Waals surface area contributed by atoms with Crippen LogP contribution in [0.5, 0.6) is 0 Å². The Hall–Kier alpha value is -2.93. The van der Waals surface area contributed by atoms with Crippen LogP contribution in [-0.2, 0) is 23.9 Å². The molecule has 0 aromatic rings. The minimum absolute atomic E-state index is 0.0358. The number of carbonyl (C=O) groups is 4. The molecular formula is C29H41N5O5. The van der Waals surface area contributed by atoms with Gasteiger partial charge in [0.1, 0.15) is 23.7 Å². The molecule has 4 amide bonds. The number of carbonyl (C=O) groups excluding carboxylic acids is 4. The summed E-state index contributed by atoms with van der Waals surface area (Å²) in [6, 6.07) is -0.254. The minimum Gasteiger partial charge on any atom is -0.368 e. The standard InChI is InChI=1S/C29H41N5O5/c1-28(2,3)23(33-27(38)29(39-4)9-5-10-29)26(37)34-15-20-16-6-7-17(12-16)21(20)22(34)25(36)32-19(14-30)13-18-8-11-31-24(18)35/h6-7,16-23H,5,8-13,15H2,1-4H3,(H,31,35)(H,32,36)(H,33,38)/t16-,17+,18+,19+,20-,21+,22+,23-/m1/s1. The predicted molar refractivity (Wildman–Crippen MR) is 141 cm³/mol. The Morgan fingerprint density at radius 3 is 2.51 bits per heavy atom. The predicted octanol–water partition coefficient (Wildman–Crippen LogP) is 1.27. The Bertz CT molecular complexity index is 1100. The summed E-state index contributed by atoms with van der Waals surface area (Å²) in [6.07, 6.45) is 8.34. The number of ether oxygens (including phenoxy) is 1. The van der Waals surface area contributed by atoms with Gasteiger partial charge in [0.15, 0.2) is 0 Å². The Balaban J connectivity index is 1.38. The van der Waals surface area contributed by atoms with Crippen molar-refractivity contribution in [3.05, 3.63) is 12.2 Å². The topological polar surface area (TPSA) is 141 Å². The molecule has 5 rings (SSSR count). The van der Waals surface area contributed by atoms with Crippen molar-refractivity contribution in [1.82, 2.24) is 20.9 Å². The van der Waals surface area contributed by atoms with Crippen molar-refractivity contribution >= 4 is 23.6 Å². The van der Waals surface area contributed by atoms with E-state index in [1.807, 2.05) is 20.8 Å². The molecule has 39 heavy (non-hydrogen) atoms. The zero-order valence-corrected chi connectivity index (χ0v) is 23.4. The van der Waals surface area contributed by atoms with Crippen LogP contribution in [0.25, 0.3) is 0 Å². The summed E-state index contributed by atoms with van der Waals surface area (Å²) in [7, 11) is 1.53. The summed E-state index contributed by atoms with van der Waals surface area (Å²) in [6.45, 7) is 6.74. The van der Waals surface area contributed by atoms with Gasteiger partial charge in [0.25, 0.3) is 5.91 Å². The Morgan fingerprint density at radius 1 is 1.23 bits per heavy atom. The smallest absolute Gasteiger partial charge is 0.252 e. The number of amides is 4. The number of hydrogen-bond donors (Lipinski definition) is 3. The second-order valence-electron chi connectivity index (χ2n) is 13.2. The third-order valence-corrected chi connectivity index (χ3v) is 9.86. The van der Waals surface area contributed by atoms with Crippen molar-refractivity contribution in [3.63, 3.8) is 0 Å². The molecule has 2 saturated heterocycles. The highest BCUT2D eigenvalue weighted by atomic mass is 16.5. The quantitative estimate of drug-likeness (QED) is 0.397. The maximum absolute atomic E-state index is 14.3. The number of rotatable bonds is 8. The van der Waals surface area contributed by atoms with Crippen LogP contribution in [0.1, 0.15) is 59.3 Å². The van der Waals surface area contributed by atoms with Crippen LogP contribution < -0.4 is 16.0 Å². The molecule has 4 fully saturated rings. The van der Waals surface area contributed by atoms with Crippen LogP contribution in [0.4, 0.5) is 0 Å². The average Bonchev–Trinajstić information content (AvgIpc) is 3.63. The number of nitrogens with one attached hydrogen (secondary N) is 3. The zero-order chi connectivity index (χ0) is 28.1. The highest BCUT2D eigenvalue weighted by molar-refractivity contribution is 5.95. The summed E-state index contributed by atoms with van der Waals surface area (Å²) in [5, 5.41) is 18.5. The van der Waals surface area contributed by atoms with E-state index in [4.69, 9.17) is 4.74 Å². The van der Waals surface area contributed by atoms with E-state index in [1.54, 1.807) is 4.90 Å². The van der Waals surface area contributed by atoms with Gasteiger partial charge in [0.05, 0.1) is 6.07 Å². The van der Waals surface area contributed by atoms with Gasteiger partial charge in [0, 0.05) is 26.1 Å². The summed E-state index contributed by atoms with van der Waals surface area (Å²) in [5.74, 6) is -0.682. The third kappa shape index (κ3) is 4.83. The number of nitrogens with zero attached hydrogens (tertiary/aromatic N) is 2. The molecule has 2 aliphatic heterocycles. The second kappa shape index (κ2) is 10.2. The van der Waals surface area contributed by atoms with E-state index in [1.165, 1.54) is 7.11 Å². The van der Waals surface area contributed by atoms with E-state index in [0.29, 0.717) is 38.3 Å². The number of methoxy groups -OCH3 is 1. The van der Waals surface area contributed by atoms with E-state index >= 15 is 0 Å². The summed E-state index contributed by atoms with van der Waals surface area (Å²) >= 11 is 0. The van der Waals surface area contributed by atoms with Crippen molar-refractivity contribution in [2.45, 2.75) is 83.0 Å². The van der Waals surface area contributed by atoms with Crippen molar-refractivity contribution < 1.29 is 23.9 Å². The lowest BCUT2D eigenvalue weighted by atomic mass is 9.78. The average molecular weight is 540 g/mol.